The van der Waals surface area contributed by atoms with Crippen LogP contribution in [0.2, 0.25) is 0 Å². The Labute approximate surface area is 123 Å². The normalized spacial score (nSPS) is 12.2. The van der Waals surface area contributed by atoms with E-state index in [1.54, 1.807) is 38.2 Å². The Morgan fingerprint density at radius 1 is 1.19 bits per heavy atom. The maximum atomic E-state index is 14.2. The lowest BCUT2D eigenvalue weighted by Gasteiger charge is -2.18. The molecule has 1 N–H and O–H groups in total. The van der Waals surface area contributed by atoms with Crippen LogP contribution in [0.5, 0.6) is 5.75 Å². The molecule has 2 nitrogen and oxygen atoms in total. The van der Waals surface area contributed by atoms with Crippen LogP contribution >= 0.6 is 0 Å². The third kappa shape index (κ3) is 3.39. The molecule has 0 saturated heterocycles. The molecule has 112 valence electrons. The van der Waals surface area contributed by atoms with Gasteiger partial charge < -0.3 is 10.1 Å². The average Bonchev–Trinajstić information content (AvgIpc) is 2.49. The highest BCUT2D eigenvalue weighted by atomic mass is 19.1. The molecule has 0 heterocycles. The van der Waals surface area contributed by atoms with Crippen LogP contribution in [0.15, 0.2) is 36.4 Å². The van der Waals surface area contributed by atoms with Crippen molar-refractivity contribution in [1.82, 2.24) is 5.32 Å². The molecule has 1 unspecified atom stereocenters. The van der Waals surface area contributed by atoms with Crippen LogP contribution in [0.25, 0.3) is 0 Å². The second-order valence-electron chi connectivity index (χ2n) is 4.99. The number of rotatable bonds is 5. The predicted molar refractivity (Wildman–Crippen MR) is 79.6 cm³/mol. The summed E-state index contributed by atoms with van der Waals surface area (Å²) in [6.45, 7) is 1.72. The number of nitrogens with one attached hydrogen (secondary N) is 1. The molecule has 0 aliphatic carbocycles. The first-order valence-electron chi connectivity index (χ1n) is 6.81. The molecule has 0 radical (unpaired) electrons. The number of aryl methyl sites for hydroxylation is 1. The molecule has 2 aromatic carbocycles. The second-order valence-corrected chi connectivity index (χ2v) is 4.99. The molecule has 0 spiro atoms. The summed E-state index contributed by atoms with van der Waals surface area (Å²) in [5, 5.41) is 3.10. The van der Waals surface area contributed by atoms with E-state index < -0.39 is 0 Å². The van der Waals surface area contributed by atoms with Crippen molar-refractivity contribution in [3.8, 4) is 5.75 Å². The fraction of sp³-hybridized carbons (Fsp3) is 0.294. The summed E-state index contributed by atoms with van der Waals surface area (Å²) in [6, 6.07) is 9.97. The van der Waals surface area contributed by atoms with Crippen molar-refractivity contribution >= 4 is 0 Å². The Balaban J connectivity index is 2.29. The Hall–Kier alpha value is -1.94. The molecule has 2 aromatic rings. The molecule has 4 heteroatoms. The molecule has 1 atom stereocenters. The molecule has 0 fully saturated rings. The van der Waals surface area contributed by atoms with E-state index in [0.717, 1.165) is 5.56 Å². The summed E-state index contributed by atoms with van der Waals surface area (Å²) in [6.07, 6.45) is 0.419. The van der Waals surface area contributed by atoms with Crippen molar-refractivity contribution in [1.29, 1.82) is 0 Å². The van der Waals surface area contributed by atoms with Gasteiger partial charge in [0, 0.05) is 6.04 Å². The van der Waals surface area contributed by atoms with Crippen molar-refractivity contribution in [2.75, 3.05) is 14.2 Å². The van der Waals surface area contributed by atoms with Crippen LogP contribution in [0.1, 0.15) is 22.7 Å². The molecule has 0 aliphatic rings. The Morgan fingerprint density at radius 2 is 1.95 bits per heavy atom. The minimum Gasteiger partial charge on any atom is -0.494 e. The Morgan fingerprint density at radius 3 is 2.57 bits per heavy atom. The number of halogens is 2. The number of hydrogen-bond donors (Lipinski definition) is 1. The average molecular weight is 291 g/mol. The van der Waals surface area contributed by atoms with Crippen LogP contribution in [-0.2, 0) is 6.42 Å². The monoisotopic (exact) mass is 291 g/mol. The number of likely N-dealkylation sites (N-methyl/N-ethyl adjacent to an activating group) is 1. The first-order chi connectivity index (χ1) is 10.1. The van der Waals surface area contributed by atoms with Crippen molar-refractivity contribution in [2.24, 2.45) is 0 Å². The lowest BCUT2D eigenvalue weighted by Crippen LogP contribution is -2.19. The van der Waals surface area contributed by atoms with Crippen LogP contribution < -0.4 is 10.1 Å². The molecule has 2 rings (SSSR count). The van der Waals surface area contributed by atoms with Gasteiger partial charge >= 0.3 is 0 Å². The fourth-order valence-corrected chi connectivity index (χ4v) is 2.30. The van der Waals surface area contributed by atoms with Gasteiger partial charge in [-0.15, -0.1) is 0 Å². The van der Waals surface area contributed by atoms with E-state index in [9.17, 15) is 8.78 Å². The highest BCUT2D eigenvalue weighted by Crippen LogP contribution is 2.25. The van der Waals surface area contributed by atoms with E-state index in [1.807, 2.05) is 6.07 Å². The SMILES string of the molecule is CNC(Cc1cccc(OC)c1F)c1ccc(C)c(F)c1. The summed E-state index contributed by atoms with van der Waals surface area (Å²) < 4.78 is 32.9. The van der Waals surface area contributed by atoms with E-state index in [2.05, 4.69) is 5.32 Å². The van der Waals surface area contributed by atoms with Crippen molar-refractivity contribution < 1.29 is 13.5 Å². The number of hydrogen-bond acceptors (Lipinski definition) is 2. The molecular formula is C17H19F2NO. The lowest BCUT2D eigenvalue weighted by atomic mass is 9.97. The molecule has 0 aromatic heterocycles. The summed E-state index contributed by atoms with van der Waals surface area (Å²) in [5.41, 5.74) is 1.93. The van der Waals surface area contributed by atoms with Gasteiger partial charge in [-0.3, -0.25) is 0 Å². The highest BCUT2D eigenvalue weighted by molar-refractivity contribution is 5.33. The Bertz CT molecular complexity index is 628. The quantitative estimate of drug-likeness (QED) is 0.905. The Kier molecular flexibility index (Phi) is 4.91. The standard InChI is InChI=1S/C17H19F2NO/c1-11-7-8-12(9-14(11)18)15(20-2)10-13-5-4-6-16(21-3)17(13)19/h4-9,15,20H,10H2,1-3H3. The van der Waals surface area contributed by atoms with Gasteiger partial charge in [0.15, 0.2) is 11.6 Å². The number of ether oxygens (including phenoxy) is 1. The number of benzene rings is 2. The summed E-state index contributed by atoms with van der Waals surface area (Å²) in [5.74, 6) is -0.399. The van der Waals surface area contributed by atoms with Crippen LogP contribution in [-0.4, -0.2) is 14.2 Å². The van der Waals surface area contributed by atoms with E-state index in [1.165, 1.54) is 13.2 Å². The molecule has 0 bridgehead atoms. The predicted octanol–water partition coefficient (Wildman–Crippen LogP) is 3.79. The molecule has 0 aliphatic heterocycles. The maximum absolute atomic E-state index is 14.2. The van der Waals surface area contributed by atoms with Crippen molar-refractivity contribution in [3.63, 3.8) is 0 Å². The van der Waals surface area contributed by atoms with Crippen LogP contribution in [0, 0.1) is 18.6 Å². The van der Waals surface area contributed by atoms with Gasteiger partial charge in [-0.2, -0.15) is 0 Å². The summed E-state index contributed by atoms with van der Waals surface area (Å²) in [7, 11) is 3.22. The maximum Gasteiger partial charge on any atom is 0.168 e. The van der Waals surface area contributed by atoms with Crippen molar-refractivity contribution in [2.45, 2.75) is 19.4 Å². The third-order valence-electron chi connectivity index (χ3n) is 3.63. The third-order valence-corrected chi connectivity index (χ3v) is 3.63. The largest absolute Gasteiger partial charge is 0.494 e. The van der Waals surface area contributed by atoms with E-state index in [0.29, 0.717) is 17.5 Å². The van der Waals surface area contributed by atoms with Crippen molar-refractivity contribution in [3.05, 3.63) is 64.7 Å². The van der Waals surface area contributed by atoms with Gasteiger partial charge in [0.1, 0.15) is 5.82 Å². The molecule has 0 saturated carbocycles. The smallest absolute Gasteiger partial charge is 0.168 e. The molecular weight excluding hydrogens is 272 g/mol. The van der Waals surface area contributed by atoms with Gasteiger partial charge in [0.25, 0.3) is 0 Å². The minimum atomic E-state index is -0.368. The summed E-state index contributed by atoms with van der Waals surface area (Å²) >= 11 is 0. The topological polar surface area (TPSA) is 21.3 Å². The number of methoxy groups -OCH3 is 1. The van der Waals surface area contributed by atoms with E-state index in [4.69, 9.17) is 4.74 Å². The first kappa shape index (κ1) is 15.4. The molecule has 21 heavy (non-hydrogen) atoms. The summed E-state index contributed by atoms with van der Waals surface area (Å²) in [4.78, 5) is 0. The lowest BCUT2D eigenvalue weighted by molar-refractivity contribution is 0.383. The van der Waals surface area contributed by atoms with Crippen LogP contribution in [0.4, 0.5) is 8.78 Å². The zero-order valence-electron chi connectivity index (χ0n) is 12.4. The molecule has 0 amide bonds. The second kappa shape index (κ2) is 6.68. The zero-order chi connectivity index (χ0) is 15.4. The van der Waals surface area contributed by atoms with E-state index >= 15 is 0 Å². The van der Waals surface area contributed by atoms with Gasteiger partial charge in [-0.25, -0.2) is 8.78 Å². The fourth-order valence-electron chi connectivity index (χ4n) is 2.30. The van der Waals surface area contributed by atoms with Gasteiger partial charge in [-0.05, 0) is 49.2 Å². The van der Waals surface area contributed by atoms with Gasteiger partial charge in [0.2, 0.25) is 0 Å². The zero-order valence-corrected chi connectivity index (χ0v) is 12.4. The van der Waals surface area contributed by atoms with E-state index in [-0.39, 0.29) is 23.4 Å². The van der Waals surface area contributed by atoms with Crippen LogP contribution in [0.3, 0.4) is 0 Å². The highest BCUT2D eigenvalue weighted by Gasteiger charge is 2.16. The van der Waals surface area contributed by atoms with Gasteiger partial charge in [-0.1, -0.05) is 24.3 Å². The minimum absolute atomic E-state index is 0.165. The first-order valence-corrected chi connectivity index (χ1v) is 6.81. The van der Waals surface area contributed by atoms with Gasteiger partial charge in [0.05, 0.1) is 7.11 Å².